The van der Waals surface area contributed by atoms with Crippen molar-refractivity contribution in [3.8, 4) is 0 Å². The Morgan fingerprint density at radius 1 is 0.850 bits per heavy atom. The average Bonchev–Trinajstić information content (AvgIpc) is 2.49. The molecule has 0 unspecified atom stereocenters. The van der Waals surface area contributed by atoms with Crippen LogP contribution in [0.5, 0.6) is 0 Å². The summed E-state index contributed by atoms with van der Waals surface area (Å²) < 4.78 is 0. The number of likely N-dealkylation sites (tertiary alicyclic amines) is 2. The van der Waals surface area contributed by atoms with Gasteiger partial charge in [0.05, 0.1) is 13.1 Å². The lowest BCUT2D eigenvalue weighted by molar-refractivity contribution is -0.121. The Labute approximate surface area is 123 Å². The zero-order valence-corrected chi connectivity index (χ0v) is 13.0. The van der Waals surface area contributed by atoms with Crippen molar-refractivity contribution in [1.82, 2.24) is 20.4 Å². The molecule has 2 rings (SSSR count). The number of carbonyl (C=O) groups is 1. The van der Waals surface area contributed by atoms with Gasteiger partial charge < -0.3 is 10.6 Å². The zero-order valence-electron chi connectivity index (χ0n) is 13.0. The van der Waals surface area contributed by atoms with E-state index in [0.717, 1.165) is 51.9 Å². The molecule has 2 saturated heterocycles. The first-order chi connectivity index (χ1) is 9.71. The molecule has 2 aliphatic heterocycles. The molecule has 0 aromatic carbocycles. The van der Waals surface area contributed by atoms with E-state index in [1.165, 1.54) is 0 Å². The van der Waals surface area contributed by atoms with E-state index in [0.29, 0.717) is 31.0 Å². The summed E-state index contributed by atoms with van der Waals surface area (Å²) in [5.74, 6) is 0.385. The normalized spacial score (nSPS) is 24.1. The third-order valence-corrected chi connectivity index (χ3v) is 4.79. The molecular formula is C15H30N4O. The van der Waals surface area contributed by atoms with Gasteiger partial charge in [-0.3, -0.25) is 14.6 Å². The molecule has 20 heavy (non-hydrogen) atoms. The second-order valence-electron chi connectivity index (χ2n) is 6.22. The van der Waals surface area contributed by atoms with E-state index < -0.39 is 0 Å². The maximum Gasteiger partial charge on any atom is 0.160 e. The fourth-order valence-electron chi connectivity index (χ4n) is 3.31. The third kappa shape index (κ3) is 4.81. The fraction of sp³-hybridized carbons (Fsp3) is 0.933. The van der Waals surface area contributed by atoms with Crippen molar-refractivity contribution in [2.75, 3.05) is 53.4 Å². The Morgan fingerprint density at radius 3 is 1.50 bits per heavy atom. The largest absolute Gasteiger partial charge is 0.317 e. The van der Waals surface area contributed by atoms with E-state index in [4.69, 9.17) is 0 Å². The highest BCUT2D eigenvalue weighted by atomic mass is 16.1. The topological polar surface area (TPSA) is 47.6 Å². The smallest absolute Gasteiger partial charge is 0.160 e. The summed E-state index contributed by atoms with van der Waals surface area (Å²) >= 11 is 0. The summed E-state index contributed by atoms with van der Waals surface area (Å²) in [6.07, 6.45) is 4.66. The van der Waals surface area contributed by atoms with Crippen molar-refractivity contribution in [2.24, 2.45) is 0 Å². The Balaban J connectivity index is 1.63. The number of hydrogen-bond donors (Lipinski definition) is 2. The first kappa shape index (κ1) is 15.9. The number of nitrogens with zero attached hydrogens (tertiary/aromatic N) is 2. The van der Waals surface area contributed by atoms with Crippen molar-refractivity contribution in [3.63, 3.8) is 0 Å². The van der Waals surface area contributed by atoms with Gasteiger partial charge in [-0.1, -0.05) is 0 Å². The Kier molecular flexibility index (Phi) is 6.42. The molecule has 0 spiro atoms. The van der Waals surface area contributed by atoms with Crippen LogP contribution in [0.1, 0.15) is 25.7 Å². The van der Waals surface area contributed by atoms with E-state index in [-0.39, 0.29) is 0 Å². The van der Waals surface area contributed by atoms with Gasteiger partial charge in [-0.15, -0.1) is 0 Å². The Bertz CT molecular complexity index is 266. The molecule has 5 heteroatoms. The standard InChI is InChI=1S/C15H30N4O/c1-16-13-3-7-18(8-4-13)11-15(20)12-19-9-5-14(17-2)6-10-19/h13-14,16-17H,3-12H2,1-2H3. The lowest BCUT2D eigenvalue weighted by Crippen LogP contribution is -2.47. The average molecular weight is 282 g/mol. The predicted molar refractivity (Wildman–Crippen MR) is 82.1 cm³/mol. The lowest BCUT2D eigenvalue weighted by Gasteiger charge is -2.33. The molecule has 0 amide bonds. The monoisotopic (exact) mass is 282 g/mol. The Morgan fingerprint density at radius 2 is 1.20 bits per heavy atom. The number of rotatable bonds is 6. The molecule has 2 heterocycles. The molecule has 116 valence electrons. The van der Waals surface area contributed by atoms with Crippen molar-refractivity contribution in [3.05, 3.63) is 0 Å². The highest BCUT2D eigenvalue weighted by molar-refractivity contribution is 5.82. The van der Waals surface area contributed by atoms with Crippen LogP contribution in [0.15, 0.2) is 0 Å². The minimum Gasteiger partial charge on any atom is -0.317 e. The molecule has 0 saturated carbocycles. The quantitative estimate of drug-likeness (QED) is 0.714. The van der Waals surface area contributed by atoms with Crippen molar-refractivity contribution >= 4 is 5.78 Å². The van der Waals surface area contributed by atoms with Gasteiger partial charge in [0.25, 0.3) is 0 Å². The molecule has 0 atom stereocenters. The molecule has 0 bridgehead atoms. The molecule has 0 aromatic heterocycles. The Hall–Kier alpha value is -0.490. The first-order valence-corrected chi connectivity index (χ1v) is 8.02. The van der Waals surface area contributed by atoms with Crippen LogP contribution in [-0.4, -0.2) is 81.0 Å². The summed E-state index contributed by atoms with van der Waals surface area (Å²) in [5.41, 5.74) is 0. The van der Waals surface area contributed by atoms with Crippen LogP contribution >= 0.6 is 0 Å². The van der Waals surface area contributed by atoms with Gasteiger partial charge in [-0.05, 0) is 39.8 Å². The molecule has 0 aromatic rings. The molecule has 2 aliphatic rings. The minimum atomic E-state index is 0.385. The van der Waals surface area contributed by atoms with Crippen molar-refractivity contribution in [2.45, 2.75) is 37.8 Å². The number of hydrogen-bond acceptors (Lipinski definition) is 5. The van der Waals surface area contributed by atoms with Gasteiger partial charge in [-0.2, -0.15) is 0 Å². The summed E-state index contributed by atoms with van der Waals surface area (Å²) in [7, 11) is 4.06. The molecular weight excluding hydrogens is 252 g/mol. The second kappa shape index (κ2) is 8.08. The highest BCUT2D eigenvalue weighted by Gasteiger charge is 2.22. The number of ketones is 1. The number of piperidine rings is 2. The van der Waals surface area contributed by atoms with E-state index in [2.05, 4.69) is 20.4 Å². The van der Waals surface area contributed by atoms with Gasteiger partial charge in [-0.25, -0.2) is 0 Å². The van der Waals surface area contributed by atoms with Crippen LogP contribution in [0, 0.1) is 0 Å². The van der Waals surface area contributed by atoms with Gasteiger partial charge in [0.2, 0.25) is 0 Å². The number of carbonyl (C=O) groups excluding carboxylic acids is 1. The van der Waals surface area contributed by atoms with Crippen LogP contribution < -0.4 is 10.6 Å². The molecule has 0 aliphatic carbocycles. The van der Waals surface area contributed by atoms with Crippen LogP contribution in [0.25, 0.3) is 0 Å². The summed E-state index contributed by atoms with van der Waals surface area (Å²) in [6, 6.07) is 1.28. The number of nitrogens with one attached hydrogen (secondary N) is 2. The zero-order chi connectivity index (χ0) is 14.4. The van der Waals surface area contributed by atoms with Gasteiger partial charge in [0.15, 0.2) is 5.78 Å². The highest BCUT2D eigenvalue weighted by Crippen LogP contribution is 2.11. The predicted octanol–water partition coefficient (Wildman–Crippen LogP) is -0.0769. The van der Waals surface area contributed by atoms with Crippen molar-refractivity contribution < 1.29 is 4.79 Å². The first-order valence-electron chi connectivity index (χ1n) is 8.02. The van der Waals surface area contributed by atoms with Crippen LogP contribution in [0.3, 0.4) is 0 Å². The van der Waals surface area contributed by atoms with E-state index >= 15 is 0 Å². The van der Waals surface area contributed by atoms with Crippen molar-refractivity contribution in [1.29, 1.82) is 0 Å². The van der Waals surface area contributed by atoms with Crippen LogP contribution in [-0.2, 0) is 4.79 Å². The van der Waals surface area contributed by atoms with E-state index in [1.54, 1.807) is 0 Å². The summed E-state index contributed by atoms with van der Waals surface area (Å²) in [6.45, 7) is 5.50. The van der Waals surface area contributed by atoms with Gasteiger partial charge in [0.1, 0.15) is 0 Å². The van der Waals surface area contributed by atoms with Crippen LogP contribution in [0.2, 0.25) is 0 Å². The molecule has 5 nitrogen and oxygen atoms in total. The van der Waals surface area contributed by atoms with E-state index in [1.807, 2.05) is 14.1 Å². The van der Waals surface area contributed by atoms with E-state index in [9.17, 15) is 4.79 Å². The lowest BCUT2D eigenvalue weighted by atomic mass is 10.0. The van der Waals surface area contributed by atoms with Gasteiger partial charge in [0, 0.05) is 38.3 Å². The summed E-state index contributed by atoms with van der Waals surface area (Å²) in [4.78, 5) is 16.8. The second-order valence-corrected chi connectivity index (χ2v) is 6.22. The SMILES string of the molecule is CNC1CCN(CC(=O)CN2CCC(NC)CC2)CC1. The maximum atomic E-state index is 12.2. The molecule has 2 fully saturated rings. The molecule has 2 N–H and O–H groups in total. The van der Waals surface area contributed by atoms with Gasteiger partial charge >= 0.3 is 0 Å². The third-order valence-electron chi connectivity index (χ3n) is 4.79. The van der Waals surface area contributed by atoms with Crippen LogP contribution in [0.4, 0.5) is 0 Å². The summed E-state index contributed by atoms with van der Waals surface area (Å²) in [5, 5.41) is 6.65. The maximum absolute atomic E-state index is 12.2. The molecule has 0 radical (unpaired) electrons. The number of Topliss-reactive ketones (excluding diaryl/α,β-unsaturated/α-hetero) is 1. The minimum absolute atomic E-state index is 0.385. The fourth-order valence-corrected chi connectivity index (χ4v) is 3.31.